The molecule has 1 aliphatic heterocycles. The Kier molecular flexibility index (Phi) is 6.00. The number of halogens is 1. The fraction of sp³-hybridized carbons (Fsp3) is 0.556. The van der Waals surface area contributed by atoms with Crippen LogP contribution in [0.4, 0.5) is 9.18 Å². The number of carbonyl (C=O) groups excluding carboxylic acids is 2. The Hall–Kier alpha value is -2.15. The normalized spacial score (nSPS) is 19.3. The maximum atomic E-state index is 14.2. The molecule has 1 heterocycles. The zero-order valence-corrected chi connectivity index (χ0v) is 15.0. The van der Waals surface area contributed by atoms with Crippen molar-refractivity contribution < 1.29 is 23.5 Å². The van der Waals surface area contributed by atoms with E-state index in [-0.39, 0.29) is 11.7 Å². The molecule has 2 unspecified atom stereocenters. The number of amides is 1. The first-order valence-corrected chi connectivity index (χ1v) is 8.28. The van der Waals surface area contributed by atoms with Crippen LogP contribution in [-0.4, -0.2) is 48.8 Å². The Morgan fingerprint density at radius 2 is 2.00 bits per heavy atom. The maximum absolute atomic E-state index is 14.2. The lowest BCUT2D eigenvalue weighted by Gasteiger charge is -2.24. The van der Waals surface area contributed by atoms with Crippen molar-refractivity contribution in [3.8, 4) is 0 Å². The lowest BCUT2D eigenvalue weighted by atomic mass is 10.1. The summed E-state index contributed by atoms with van der Waals surface area (Å²) in [6.07, 6.45) is -0.368. The number of rotatable bonds is 4. The van der Waals surface area contributed by atoms with Crippen LogP contribution in [0.25, 0.3) is 0 Å². The maximum Gasteiger partial charge on any atom is 0.408 e. The average Bonchev–Trinajstić information content (AvgIpc) is 2.89. The molecule has 1 aromatic carbocycles. The quantitative estimate of drug-likeness (QED) is 0.844. The molecule has 6 nitrogen and oxygen atoms in total. The second-order valence-corrected chi connectivity index (χ2v) is 7.21. The predicted octanol–water partition coefficient (Wildman–Crippen LogP) is 2.64. The molecule has 1 aromatic rings. The van der Waals surface area contributed by atoms with Crippen molar-refractivity contribution in [2.24, 2.45) is 0 Å². The summed E-state index contributed by atoms with van der Waals surface area (Å²) >= 11 is 0. The molecule has 1 amide bonds. The third-order valence-electron chi connectivity index (χ3n) is 3.74. The third kappa shape index (κ3) is 5.70. The fourth-order valence-corrected chi connectivity index (χ4v) is 2.62. The second-order valence-electron chi connectivity index (χ2n) is 7.21. The number of alkyl carbamates (subject to hydrolysis) is 1. The lowest BCUT2D eigenvalue weighted by Crippen LogP contribution is -2.40. The molecule has 2 atom stereocenters. The van der Waals surface area contributed by atoms with Crippen LogP contribution in [0.15, 0.2) is 24.3 Å². The highest BCUT2D eigenvalue weighted by atomic mass is 19.1. The SMILES string of the molecule is CN1CCC(OC(=O)C(NC(=O)OC(C)(C)C)c2ccccc2F)C1. The summed E-state index contributed by atoms with van der Waals surface area (Å²) in [7, 11) is 1.93. The van der Waals surface area contributed by atoms with E-state index in [4.69, 9.17) is 9.47 Å². The number of ether oxygens (including phenoxy) is 2. The van der Waals surface area contributed by atoms with Crippen LogP contribution in [0.1, 0.15) is 38.8 Å². The van der Waals surface area contributed by atoms with E-state index in [1.54, 1.807) is 26.8 Å². The summed E-state index contributed by atoms with van der Waals surface area (Å²) < 4.78 is 24.8. The Morgan fingerprint density at radius 1 is 1.32 bits per heavy atom. The second kappa shape index (κ2) is 7.82. The Bertz CT molecular complexity index is 630. The lowest BCUT2D eigenvalue weighted by molar-refractivity contribution is -0.151. The predicted molar refractivity (Wildman–Crippen MR) is 90.5 cm³/mol. The van der Waals surface area contributed by atoms with Crippen LogP contribution in [0.3, 0.4) is 0 Å². The molecule has 0 bridgehead atoms. The van der Waals surface area contributed by atoms with Gasteiger partial charge >= 0.3 is 12.1 Å². The van der Waals surface area contributed by atoms with Crippen LogP contribution in [0.2, 0.25) is 0 Å². The third-order valence-corrected chi connectivity index (χ3v) is 3.74. The summed E-state index contributed by atoms with van der Waals surface area (Å²) in [4.78, 5) is 26.7. The summed E-state index contributed by atoms with van der Waals surface area (Å²) in [6.45, 7) is 6.55. The van der Waals surface area contributed by atoms with Gasteiger partial charge in [0.25, 0.3) is 0 Å². The Labute approximate surface area is 147 Å². The van der Waals surface area contributed by atoms with E-state index in [0.29, 0.717) is 13.0 Å². The van der Waals surface area contributed by atoms with Crippen LogP contribution in [0.5, 0.6) is 0 Å². The molecule has 1 aliphatic rings. The van der Waals surface area contributed by atoms with Crippen molar-refractivity contribution in [2.45, 2.75) is 44.9 Å². The molecule has 1 fully saturated rings. The minimum atomic E-state index is -1.26. The van der Waals surface area contributed by atoms with Crippen molar-refractivity contribution in [3.05, 3.63) is 35.6 Å². The molecule has 0 radical (unpaired) electrons. The number of carbonyl (C=O) groups is 2. The van der Waals surface area contributed by atoms with Crippen molar-refractivity contribution in [2.75, 3.05) is 20.1 Å². The number of nitrogens with zero attached hydrogens (tertiary/aromatic N) is 1. The van der Waals surface area contributed by atoms with Gasteiger partial charge in [0.15, 0.2) is 6.04 Å². The van der Waals surface area contributed by atoms with Gasteiger partial charge in [-0.05, 0) is 40.3 Å². The molecule has 0 aromatic heterocycles. The van der Waals surface area contributed by atoms with Gasteiger partial charge in [-0.2, -0.15) is 0 Å². The summed E-state index contributed by atoms with van der Waals surface area (Å²) in [5.74, 6) is -1.29. The van der Waals surface area contributed by atoms with E-state index in [1.807, 2.05) is 11.9 Å². The molecule has 2 rings (SSSR count). The van der Waals surface area contributed by atoms with Crippen molar-refractivity contribution in [1.29, 1.82) is 0 Å². The van der Waals surface area contributed by atoms with Gasteiger partial charge in [0, 0.05) is 18.7 Å². The average molecular weight is 352 g/mol. The molecule has 1 saturated heterocycles. The largest absolute Gasteiger partial charge is 0.459 e. The van der Waals surface area contributed by atoms with Gasteiger partial charge in [-0.25, -0.2) is 14.0 Å². The van der Waals surface area contributed by atoms with Crippen molar-refractivity contribution >= 4 is 12.1 Å². The Morgan fingerprint density at radius 3 is 2.56 bits per heavy atom. The fourth-order valence-electron chi connectivity index (χ4n) is 2.62. The number of nitrogens with one attached hydrogen (secondary N) is 1. The van der Waals surface area contributed by atoms with Crippen molar-refractivity contribution in [1.82, 2.24) is 10.2 Å². The highest BCUT2D eigenvalue weighted by molar-refractivity contribution is 5.83. The molecular weight excluding hydrogens is 327 g/mol. The van der Waals surface area contributed by atoms with Crippen LogP contribution in [0, 0.1) is 5.82 Å². The van der Waals surface area contributed by atoms with Gasteiger partial charge < -0.3 is 19.7 Å². The van der Waals surface area contributed by atoms with Gasteiger partial charge in [0.1, 0.15) is 17.5 Å². The van der Waals surface area contributed by atoms with E-state index in [1.165, 1.54) is 18.2 Å². The van der Waals surface area contributed by atoms with Crippen LogP contribution >= 0.6 is 0 Å². The number of hydrogen-bond donors (Lipinski definition) is 1. The van der Waals surface area contributed by atoms with Crippen LogP contribution < -0.4 is 5.32 Å². The molecule has 0 saturated carbocycles. The number of likely N-dealkylation sites (tertiary alicyclic amines) is 1. The molecule has 0 aliphatic carbocycles. The van der Waals surface area contributed by atoms with Gasteiger partial charge in [0.2, 0.25) is 0 Å². The van der Waals surface area contributed by atoms with Gasteiger partial charge in [-0.3, -0.25) is 0 Å². The van der Waals surface area contributed by atoms with Gasteiger partial charge in [0.05, 0.1) is 0 Å². The highest BCUT2D eigenvalue weighted by Gasteiger charge is 2.32. The number of likely N-dealkylation sites (N-methyl/N-ethyl adjacent to an activating group) is 1. The number of benzene rings is 1. The topological polar surface area (TPSA) is 67.9 Å². The van der Waals surface area contributed by atoms with Crippen LogP contribution in [-0.2, 0) is 14.3 Å². The van der Waals surface area contributed by atoms with Gasteiger partial charge in [-0.15, -0.1) is 0 Å². The molecule has 25 heavy (non-hydrogen) atoms. The Balaban J connectivity index is 2.15. The molecular formula is C18H25FN2O4. The number of hydrogen-bond acceptors (Lipinski definition) is 5. The zero-order chi connectivity index (χ0) is 18.6. The monoisotopic (exact) mass is 352 g/mol. The minimum absolute atomic E-state index is 0.0460. The highest BCUT2D eigenvalue weighted by Crippen LogP contribution is 2.22. The summed E-state index contributed by atoms with van der Waals surface area (Å²) in [6, 6.07) is 4.52. The van der Waals surface area contributed by atoms with Crippen molar-refractivity contribution in [3.63, 3.8) is 0 Å². The van der Waals surface area contributed by atoms with E-state index in [2.05, 4.69) is 5.32 Å². The van der Waals surface area contributed by atoms with Gasteiger partial charge in [-0.1, -0.05) is 18.2 Å². The molecule has 138 valence electrons. The number of esters is 1. The first kappa shape index (κ1) is 19.2. The van der Waals surface area contributed by atoms with E-state index >= 15 is 0 Å². The van der Waals surface area contributed by atoms with E-state index in [0.717, 1.165) is 6.54 Å². The smallest absolute Gasteiger partial charge is 0.408 e. The summed E-state index contributed by atoms with van der Waals surface area (Å²) in [5.41, 5.74) is -0.688. The minimum Gasteiger partial charge on any atom is -0.459 e. The molecule has 0 spiro atoms. The first-order valence-electron chi connectivity index (χ1n) is 8.28. The zero-order valence-electron chi connectivity index (χ0n) is 15.0. The van der Waals surface area contributed by atoms with E-state index in [9.17, 15) is 14.0 Å². The first-order chi connectivity index (χ1) is 11.7. The molecule has 1 N–H and O–H groups in total. The molecule has 7 heteroatoms. The summed E-state index contributed by atoms with van der Waals surface area (Å²) in [5, 5.41) is 2.43. The van der Waals surface area contributed by atoms with E-state index < -0.39 is 29.5 Å². The standard InChI is InChI=1S/C18H25FN2O4/c1-18(2,3)25-17(23)20-15(13-7-5-6-8-14(13)19)16(22)24-12-9-10-21(4)11-12/h5-8,12,15H,9-11H2,1-4H3,(H,20,23).